The van der Waals surface area contributed by atoms with Crippen LogP contribution in [0.5, 0.6) is 11.5 Å². The van der Waals surface area contributed by atoms with Gasteiger partial charge in [0.1, 0.15) is 18.0 Å². The van der Waals surface area contributed by atoms with E-state index >= 15 is 0 Å². The summed E-state index contributed by atoms with van der Waals surface area (Å²) in [5.41, 5.74) is 1.27. The van der Waals surface area contributed by atoms with Crippen LogP contribution in [-0.2, 0) is 6.54 Å². The van der Waals surface area contributed by atoms with Gasteiger partial charge in [0.2, 0.25) is 6.79 Å². The minimum Gasteiger partial charge on any atom is -0.454 e. The molecule has 0 unspecified atom stereocenters. The normalized spacial score (nSPS) is 20.3. The molecule has 2 aromatic rings. The zero-order chi connectivity index (χ0) is 19.6. The Morgan fingerprint density at radius 3 is 2.17 bits per heavy atom. The van der Waals surface area contributed by atoms with Crippen LogP contribution in [0.15, 0.2) is 30.6 Å². The predicted octanol–water partition coefficient (Wildman–Crippen LogP) is 1.28. The second kappa shape index (κ2) is 8.04. The van der Waals surface area contributed by atoms with Gasteiger partial charge in [-0.05, 0) is 24.7 Å². The van der Waals surface area contributed by atoms with Gasteiger partial charge in [-0.3, -0.25) is 4.90 Å². The van der Waals surface area contributed by atoms with Crippen LogP contribution in [0, 0.1) is 0 Å². The van der Waals surface area contributed by atoms with E-state index in [0.29, 0.717) is 6.79 Å². The number of rotatable bonds is 4. The average Bonchev–Trinajstić information content (AvgIpc) is 3.23. The average molecular weight is 396 g/mol. The summed E-state index contributed by atoms with van der Waals surface area (Å²) in [7, 11) is 2.17. The van der Waals surface area contributed by atoms with Crippen LogP contribution in [0.3, 0.4) is 0 Å². The monoisotopic (exact) mass is 396 g/mol. The summed E-state index contributed by atoms with van der Waals surface area (Å²) in [5, 5.41) is 0. The molecule has 0 N–H and O–H groups in total. The molecule has 0 bridgehead atoms. The molecule has 1 aromatic heterocycles. The Bertz CT molecular complexity index is 847. The number of hydrogen-bond donors (Lipinski definition) is 0. The number of likely N-dealkylation sites (N-methyl/N-ethyl adjacent to an activating group) is 1. The number of piperazine rings is 2. The lowest BCUT2D eigenvalue weighted by atomic mass is 10.1. The number of hydrogen-bond acceptors (Lipinski definition) is 8. The molecule has 3 aliphatic heterocycles. The standard InChI is InChI=1S/C21H28N6O2/c1-24-4-8-26(9-5-24)20-13-21(23-15-22-20)27-10-6-25(7-11-27)14-17-2-3-18-19(12-17)29-16-28-18/h2-3,12-13,15H,4-11,14,16H2,1H3. The van der Waals surface area contributed by atoms with E-state index in [-0.39, 0.29) is 0 Å². The first kappa shape index (κ1) is 18.4. The number of aromatic nitrogens is 2. The highest BCUT2D eigenvalue weighted by atomic mass is 16.7. The summed E-state index contributed by atoms with van der Waals surface area (Å²) in [6.07, 6.45) is 1.71. The van der Waals surface area contributed by atoms with E-state index in [2.05, 4.69) is 54.8 Å². The molecule has 0 atom stereocenters. The molecule has 2 saturated heterocycles. The van der Waals surface area contributed by atoms with Crippen molar-refractivity contribution in [3.8, 4) is 11.5 Å². The number of ether oxygens (including phenoxy) is 2. The lowest BCUT2D eigenvalue weighted by Gasteiger charge is -2.36. The van der Waals surface area contributed by atoms with Gasteiger partial charge in [0, 0.05) is 65.0 Å². The molecule has 1 aromatic carbocycles. The molecule has 0 spiro atoms. The van der Waals surface area contributed by atoms with Crippen LogP contribution in [-0.4, -0.2) is 86.0 Å². The lowest BCUT2D eigenvalue weighted by molar-refractivity contribution is 0.174. The summed E-state index contributed by atoms with van der Waals surface area (Å²) in [6.45, 7) is 9.45. The second-order valence-corrected chi connectivity index (χ2v) is 7.98. The fourth-order valence-corrected chi connectivity index (χ4v) is 4.15. The Kier molecular flexibility index (Phi) is 5.12. The number of nitrogens with zero attached hydrogens (tertiary/aromatic N) is 6. The van der Waals surface area contributed by atoms with Gasteiger partial charge in [0.25, 0.3) is 0 Å². The molecule has 154 valence electrons. The third-order valence-electron chi connectivity index (χ3n) is 6.00. The van der Waals surface area contributed by atoms with Crippen molar-refractivity contribution in [3.05, 3.63) is 36.2 Å². The van der Waals surface area contributed by atoms with Crippen molar-refractivity contribution in [1.29, 1.82) is 0 Å². The molecule has 4 heterocycles. The first-order valence-corrected chi connectivity index (χ1v) is 10.4. The molecule has 5 rings (SSSR count). The van der Waals surface area contributed by atoms with Gasteiger partial charge in [-0.15, -0.1) is 0 Å². The van der Waals surface area contributed by atoms with E-state index in [9.17, 15) is 0 Å². The maximum absolute atomic E-state index is 5.50. The molecule has 8 heteroatoms. The van der Waals surface area contributed by atoms with Crippen molar-refractivity contribution in [3.63, 3.8) is 0 Å². The van der Waals surface area contributed by atoms with Crippen LogP contribution >= 0.6 is 0 Å². The molecule has 0 amide bonds. The first-order valence-electron chi connectivity index (χ1n) is 10.4. The van der Waals surface area contributed by atoms with Gasteiger partial charge in [-0.1, -0.05) is 6.07 Å². The fourth-order valence-electron chi connectivity index (χ4n) is 4.15. The highest BCUT2D eigenvalue weighted by molar-refractivity contribution is 5.51. The van der Waals surface area contributed by atoms with Gasteiger partial charge in [-0.25, -0.2) is 9.97 Å². The lowest BCUT2D eigenvalue weighted by Crippen LogP contribution is -2.46. The van der Waals surface area contributed by atoms with Crippen molar-refractivity contribution in [2.24, 2.45) is 0 Å². The van der Waals surface area contributed by atoms with Gasteiger partial charge < -0.3 is 24.2 Å². The molecule has 3 aliphatic rings. The predicted molar refractivity (Wildman–Crippen MR) is 112 cm³/mol. The Morgan fingerprint density at radius 2 is 1.45 bits per heavy atom. The van der Waals surface area contributed by atoms with E-state index in [1.165, 1.54) is 5.56 Å². The van der Waals surface area contributed by atoms with Gasteiger partial charge in [0.05, 0.1) is 0 Å². The quantitative estimate of drug-likeness (QED) is 0.766. The third-order valence-corrected chi connectivity index (χ3v) is 6.00. The first-order chi connectivity index (χ1) is 14.2. The van der Waals surface area contributed by atoms with Crippen LogP contribution in [0.4, 0.5) is 11.6 Å². The van der Waals surface area contributed by atoms with Gasteiger partial charge >= 0.3 is 0 Å². The maximum Gasteiger partial charge on any atom is 0.231 e. The van der Waals surface area contributed by atoms with E-state index in [1.54, 1.807) is 6.33 Å². The van der Waals surface area contributed by atoms with Crippen LogP contribution < -0.4 is 19.3 Å². The number of anilines is 2. The molecule has 29 heavy (non-hydrogen) atoms. The second-order valence-electron chi connectivity index (χ2n) is 7.98. The van der Waals surface area contributed by atoms with E-state index in [4.69, 9.17) is 9.47 Å². The molecule has 0 aliphatic carbocycles. The zero-order valence-corrected chi connectivity index (χ0v) is 17.0. The Balaban J connectivity index is 1.18. The largest absolute Gasteiger partial charge is 0.454 e. The van der Waals surface area contributed by atoms with Crippen LogP contribution in [0.25, 0.3) is 0 Å². The SMILES string of the molecule is CN1CCN(c2cc(N3CCN(Cc4ccc5c(c4)OCO5)CC3)ncn2)CC1. The van der Waals surface area contributed by atoms with Crippen molar-refractivity contribution in [2.75, 3.05) is 76.0 Å². The smallest absolute Gasteiger partial charge is 0.231 e. The maximum atomic E-state index is 5.50. The number of benzene rings is 1. The third kappa shape index (κ3) is 4.09. The fraction of sp³-hybridized carbons (Fsp3) is 0.524. The van der Waals surface area contributed by atoms with Gasteiger partial charge in [0.15, 0.2) is 11.5 Å². The summed E-state index contributed by atoms with van der Waals surface area (Å²) < 4.78 is 10.9. The summed E-state index contributed by atoms with van der Waals surface area (Å²) in [5.74, 6) is 3.79. The number of fused-ring (bicyclic) bond motifs is 1. The summed E-state index contributed by atoms with van der Waals surface area (Å²) in [6, 6.07) is 8.39. The molecule has 0 saturated carbocycles. The summed E-state index contributed by atoms with van der Waals surface area (Å²) in [4.78, 5) is 18.6. The molecule has 0 radical (unpaired) electrons. The molecular formula is C21H28N6O2. The minimum absolute atomic E-state index is 0.326. The van der Waals surface area contributed by atoms with E-state index < -0.39 is 0 Å². The Morgan fingerprint density at radius 1 is 0.793 bits per heavy atom. The molecule has 2 fully saturated rings. The van der Waals surface area contributed by atoms with Crippen LogP contribution in [0.2, 0.25) is 0 Å². The summed E-state index contributed by atoms with van der Waals surface area (Å²) >= 11 is 0. The van der Waals surface area contributed by atoms with Crippen molar-refractivity contribution >= 4 is 11.6 Å². The van der Waals surface area contributed by atoms with Crippen LogP contribution in [0.1, 0.15) is 5.56 Å². The van der Waals surface area contributed by atoms with Crippen molar-refractivity contribution in [1.82, 2.24) is 19.8 Å². The highest BCUT2D eigenvalue weighted by Crippen LogP contribution is 2.33. The van der Waals surface area contributed by atoms with Gasteiger partial charge in [-0.2, -0.15) is 0 Å². The minimum atomic E-state index is 0.326. The highest BCUT2D eigenvalue weighted by Gasteiger charge is 2.21. The molecular weight excluding hydrogens is 368 g/mol. The molecule has 8 nitrogen and oxygen atoms in total. The zero-order valence-electron chi connectivity index (χ0n) is 17.0. The van der Waals surface area contributed by atoms with E-state index in [1.807, 2.05) is 6.07 Å². The van der Waals surface area contributed by atoms with Crippen molar-refractivity contribution < 1.29 is 9.47 Å². The van der Waals surface area contributed by atoms with E-state index in [0.717, 1.165) is 82.0 Å². The topological polar surface area (TPSA) is 57.2 Å². The Labute approximate surface area is 171 Å². The Hall–Kier alpha value is -2.58. The van der Waals surface area contributed by atoms with Crippen molar-refractivity contribution in [2.45, 2.75) is 6.54 Å².